The molecule has 7 heteroatoms. The van der Waals surface area contributed by atoms with E-state index in [4.69, 9.17) is 0 Å². The molecule has 0 fully saturated rings. The minimum absolute atomic E-state index is 0.115. The summed E-state index contributed by atoms with van der Waals surface area (Å²) in [6, 6.07) is 6.01. The zero-order chi connectivity index (χ0) is 15.6. The number of halogens is 3. The Kier molecular flexibility index (Phi) is 4.22. The van der Waals surface area contributed by atoms with Gasteiger partial charge in [0.1, 0.15) is 5.82 Å². The summed E-state index contributed by atoms with van der Waals surface area (Å²) in [5, 5.41) is 0. The number of benzene rings is 2. The molecule has 2 aromatic rings. The van der Waals surface area contributed by atoms with Crippen LogP contribution in [0.3, 0.4) is 0 Å². The topological polar surface area (TPSA) is 46.2 Å². The highest BCUT2D eigenvalue weighted by molar-refractivity contribution is 7.92. The van der Waals surface area contributed by atoms with Crippen LogP contribution in [0.2, 0.25) is 0 Å². The van der Waals surface area contributed by atoms with E-state index in [1.165, 1.54) is 6.07 Å². The van der Waals surface area contributed by atoms with E-state index < -0.39 is 27.5 Å². The van der Waals surface area contributed by atoms with E-state index in [9.17, 15) is 21.6 Å². The molecular formula is C14H12F3NO2S. The molecule has 0 aliphatic carbocycles. The van der Waals surface area contributed by atoms with Gasteiger partial charge in [0.2, 0.25) is 0 Å². The van der Waals surface area contributed by atoms with Crippen LogP contribution in [-0.2, 0) is 16.4 Å². The van der Waals surface area contributed by atoms with Crippen LogP contribution in [0.4, 0.5) is 18.9 Å². The summed E-state index contributed by atoms with van der Waals surface area (Å²) in [5.74, 6) is -2.74. The minimum Gasteiger partial charge on any atom is -0.280 e. The number of nitrogens with one attached hydrogen (secondary N) is 1. The van der Waals surface area contributed by atoms with Gasteiger partial charge in [-0.2, -0.15) is 0 Å². The maximum Gasteiger partial charge on any atom is 0.261 e. The molecule has 0 bridgehead atoms. The van der Waals surface area contributed by atoms with Crippen LogP contribution >= 0.6 is 0 Å². The van der Waals surface area contributed by atoms with Crippen LogP contribution in [-0.4, -0.2) is 8.42 Å². The summed E-state index contributed by atoms with van der Waals surface area (Å²) in [5.41, 5.74) is 0.138. The molecule has 0 saturated carbocycles. The summed E-state index contributed by atoms with van der Waals surface area (Å²) < 4.78 is 65.6. The molecule has 0 aliphatic rings. The average molecular weight is 315 g/mol. The third-order valence-corrected chi connectivity index (χ3v) is 4.26. The summed E-state index contributed by atoms with van der Waals surface area (Å²) in [6.07, 6.45) is 0.334. The molecular weight excluding hydrogens is 303 g/mol. The van der Waals surface area contributed by atoms with E-state index >= 15 is 0 Å². The fourth-order valence-corrected chi connectivity index (χ4v) is 2.86. The first-order valence-electron chi connectivity index (χ1n) is 6.10. The predicted octanol–water partition coefficient (Wildman–Crippen LogP) is 3.47. The van der Waals surface area contributed by atoms with Crippen molar-refractivity contribution in [2.45, 2.75) is 18.2 Å². The quantitative estimate of drug-likeness (QED) is 0.939. The minimum atomic E-state index is -4.00. The lowest BCUT2D eigenvalue weighted by Gasteiger charge is -2.10. The Morgan fingerprint density at radius 2 is 1.62 bits per heavy atom. The normalized spacial score (nSPS) is 11.4. The average Bonchev–Trinajstić information content (AvgIpc) is 2.43. The fraction of sp³-hybridized carbons (Fsp3) is 0.143. The van der Waals surface area contributed by atoms with Crippen molar-refractivity contribution in [3.05, 3.63) is 59.4 Å². The third kappa shape index (κ3) is 3.36. The van der Waals surface area contributed by atoms with Crippen molar-refractivity contribution in [1.29, 1.82) is 0 Å². The van der Waals surface area contributed by atoms with Gasteiger partial charge in [-0.15, -0.1) is 0 Å². The summed E-state index contributed by atoms with van der Waals surface area (Å²) in [4.78, 5) is -0.148. The van der Waals surface area contributed by atoms with Gasteiger partial charge in [0, 0.05) is 6.07 Å². The first kappa shape index (κ1) is 15.4. The van der Waals surface area contributed by atoms with Crippen molar-refractivity contribution < 1.29 is 21.6 Å². The molecule has 2 rings (SSSR count). The van der Waals surface area contributed by atoms with E-state index in [0.29, 0.717) is 6.42 Å². The lowest BCUT2D eigenvalue weighted by molar-refractivity contribution is 0.509. The number of hydrogen-bond donors (Lipinski definition) is 1. The van der Waals surface area contributed by atoms with Gasteiger partial charge in [0.15, 0.2) is 11.6 Å². The molecule has 0 unspecified atom stereocenters. The molecule has 0 radical (unpaired) electrons. The number of hydrogen-bond acceptors (Lipinski definition) is 2. The number of rotatable bonds is 4. The van der Waals surface area contributed by atoms with Crippen molar-refractivity contribution in [2.24, 2.45) is 0 Å². The van der Waals surface area contributed by atoms with Gasteiger partial charge in [-0.3, -0.25) is 4.72 Å². The van der Waals surface area contributed by atoms with Gasteiger partial charge in [-0.25, -0.2) is 21.6 Å². The predicted molar refractivity (Wildman–Crippen MR) is 72.9 cm³/mol. The molecule has 0 amide bonds. The Hall–Kier alpha value is -2.02. The van der Waals surface area contributed by atoms with Crippen molar-refractivity contribution in [2.75, 3.05) is 4.72 Å². The van der Waals surface area contributed by atoms with Crippen molar-refractivity contribution in [3.8, 4) is 0 Å². The maximum atomic E-state index is 13.4. The smallest absolute Gasteiger partial charge is 0.261 e. The van der Waals surface area contributed by atoms with Gasteiger partial charge in [-0.1, -0.05) is 6.92 Å². The summed E-state index contributed by atoms with van der Waals surface area (Å²) >= 11 is 0. The third-order valence-electron chi connectivity index (χ3n) is 2.88. The monoisotopic (exact) mass is 315 g/mol. The van der Waals surface area contributed by atoms with Crippen molar-refractivity contribution >= 4 is 15.7 Å². The second-order valence-corrected chi connectivity index (χ2v) is 6.02. The van der Waals surface area contributed by atoms with Crippen molar-refractivity contribution in [3.63, 3.8) is 0 Å². The first-order chi connectivity index (χ1) is 9.83. The molecule has 112 valence electrons. The molecule has 0 spiro atoms. The van der Waals surface area contributed by atoms with Crippen LogP contribution in [0.15, 0.2) is 41.3 Å². The molecule has 2 aromatic carbocycles. The molecule has 0 heterocycles. The molecule has 0 aliphatic heterocycles. The molecule has 1 N–H and O–H groups in total. The van der Waals surface area contributed by atoms with E-state index in [1.54, 1.807) is 6.92 Å². The summed E-state index contributed by atoms with van der Waals surface area (Å²) in [7, 11) is -4.00. The Morgan fingerprint density at radius 1 is 0.952 bits per heavy atom. The van der Waals surface area contributed by atoms with Crippen LogP contribution in [0.5, 0.6) is 0 Å². The number of sulfonamides is 1. The van der Waals surface area contributed by atoms with Gasteiger partial charge in [0.05, 0.1) is 10.6 Å². The Labute approximate surface area is 120 Å². The second-order valence-electron chi connectivity index (χ2n) is 4.34. The Morgan fingerprint density at radius 3 is 2.24 bits per heavy atom. The Bertz CT molecular complexity index is 776. The van der Waals surface area contributed by atoms with Crippen LogP contribution in [0.25, 0.3) is 0 Å². The first-order valence-corrected chi connectivity index (χ1v) is 7.58. The zero-order valence-electron chi connectivity index (χ0n) is 11.0. The molecule has 21 heavy (non-hydrogen) atoms. The maximum absolute atomic E-state index is 13.4. The highest BCUT2D eigenvalue weighted by Gasteiger charge is 2.17. The number of anilines is 1. The molecule has 0 saturated heterocycles. The van der Waals surface area contributed by atoms with Gasteiger partial charge >= 0.3 is 0 Å². The lowest BCUT2D eigenvalue weighted by atomic mass is 10.2. The molecule has 0 atom stereocenters. The molecule has 0 aromatic heterocycles. The largest absolute Gasteiger partial charge is 0.280 e. The molecule has 3 nitrogen and oxygen atoms in total. The van der Waals surface area contributed by atoms with Crippen LogP contribution in [0, 0.1) is 17.5 Å². The standard InChI is InChI=1S/C14H12F3NO2S/c1-2-9-7-11(4-6-12(9)15)21(19,20)18-10-3-5-13(16)14(17)8-10/h3-8,18H,2H2,1H3. The van der Waals surface area contributed by atoms with Crippen molar-refractivity contribution in [1.82, 2.24) is 0 Å². The van der Waals surface area contributed by atoms with Gasteiger partial charge < -0.3 is 0 Å². The van der Waals surface area contributed by atoms with Crippen LogP contribution in [0.1, 0.15) is 12.5 Å². The fourth-order valence-electron chi connectivity index (χ4n) is 1.76. The highest BCUT2D eigenvalue weighted by atomic mass is 32.2. The van der Waals surface area contributed by atoms with Crippen LogP contribution < -0.4 is 4.72 Å². The van der Waals surface area contributed by atoms with Gasteiger partial charge in [-0.05, 0) is 42.3 Å². The second kappa shape index (κ2) is 5.77. The van der Waals surface area contributed by atoms with E-state index in [0.717, 1.165) is 30.3 Å². The summed E-state index contributed by atoms with van der Waals surface area (Å²) in [6.45, 7) is 1.69. The van der Waals surface area contributed by atoms with Gasteiger partial charge in [0.25, 0.3) is 10.0 Å². The van der Waals surface area contributed by atoms with E-state index in [2.05, 4.69) is 4.72 Å². The Balaban J connectivity index is 2.35. The zero-order valence-corrected chi connectivity index (χ0v) is 11.8. The SMILES string of the molecule is CCc1cc(S(=O)(=O)Nc2ccc(F)c(F)c2)ccc1F. The highest BCUT2D eigenvalue weighted by Crippen LogP contribution is 2.20. The lowest BCUT2D eigenvalue weighted by Crippen LogP contribution is -2.13. The van der Waals surface area contributed by atoms with E-state index in [1.807, 2.05) is 0 Å². The van der Waals surface area contributed by atoms with E-state index in [-0.39, 0.29) is 16.1 Å². The number of aryl methyl sites for hydroxylation is 1.